The predicted octanol–water partition coefficient (Wildman–Crippen LogP) is 3.44. The van der Waals surface area contributed by atoms with Crippen LogP contribution < -0.4 is 5.73 Å². The van der Waals surface area contributed by atoms with E-state index in [9.17, 15) is 0 Å². The van der Waals surface area contributed by atoms with Crippen LogP contribution in [0.25, 0.3) is 11.5 Å². The van der Waals surface area contributed by atoms with Crippen LogP contribution in [0.3, 0.4) is 0 Å². The molecule has 2 N–H and O–H groups in total. The lowest BCUT2D eigenvalue weighted by atomic mass is 10.1. The van der Waals surface area contributed by atoms with E-state index in [1.165, 1.54) is 0 Å². The van der Waals surface area contributed by atoms with Gasteiger partial charge in [-0.15, -0.1) is 0 Å². The van der Waals surface area contributed by atoms with Crippen LogP contribution in [0.5, 0.6) is 0 Å². The van der Waals surface area contributed by atoms with E-state index < -0.39 is 0 Å². The van der Waals surface area contributed by atoms with Crippen molar-refractivity contribution in [3.63, 3.8) is 0 Å². The largest absolute Gasteiger partial charge is 0.398 e. The highest BCUT2D eigenvalue weighted by Crippen LogP contribution is 2.57. The first-order chi connectivity index (χ1) is 8.47. The van der Waals surface area contributed by atoms with Crippen molar-refractivity contribution in [1.29, 1.82) is 0 Å². The first-order valence-electron chi connectivity index (χ1n) is 5.86. The third kappa shape index (κ3) is 2.00. The molecule has 1 aliphatic carbocycles. The molecule has 0 aliphatic heterocycles. The van der Waals surface area contributed by atoms with E-state index in [4.69, 9.17) is 10.3 Å². The lowest BCUT2D eigenvalue weighted by Crippen LogP contribution is -1.92. The van der Waals surface area contributed by atoms with Crippen LogP contribution in [0.15, 0.2) is 22.7 Å². The molecule has 1 saturated carbocycles. The van der Waals surface area contributed by atoms with E-state index in [0.29, 0.717) is 17.2 Å². The topological polar surface area (TPSA) is 64.9 Å². The molecule has 0 bridgehead atoms. The predicted molar refractivity (Wildman–Crippen MR) is 78.0 cm³/mol. The molecule has 2 aromatic rings. The van der Waals surface area contributed by atoms with Gasteiger partial charge in [0.15, 0.2) is 5.82 Å². The van der Waals surface area contributed by atoms with E-state index in [0.717, 1.165) is 27.1 Å². The molecule has 1 aliphatic rings. The number of nitrogen functional groups attached to an aromatic ring is 1. The zero-order chi connectivity index (χ0) is 12.9. The Balaban J connectivity index is 1.91. The standard InChI is InChI=1S/C13H14IN3O/c1-13(2)6-8(13)11-16-12(18-17-11)7-3-4-9(14)10(15)5-7/h3-5,8H,6,15H2,1-2H3. The molecule has 1 unspecified atom stereocenters. The van der Waals surface area contributed by atoms with Gasteiger partial charge in [0.05, 0.1) is 0 Å². The lowest BCUT2D eigenvalue weighted by Gasteiger charge is -1.99. The number of halogens is 1. The molecular weight excluding hydrogens is 341 g/mol. The first-order valence-corrected chi connectivity index (χ1v) is 6.94. The molecule has 0 spiro atoms. The van der Waals surface area contributed by atoms with Crippen LogP contribution in [0.1, 0.15) is 32.0 Å². The molecule has 4 nitrogen and oxygen atoms in total. The summed E-state index contributed by atoms with van der Waals surface area (Å²) in [5, 5.41) is 4.07. The minimum Gasteiger partial charge on any atom is -0.398 e. The number of benzene rings is 1. The number of hydrogen-bond acceptors (Lipinski definition) is 4. The van der Waals surface area contributed by atoms with Crippen LogP contribution in [0.4, 0.5) is 5.69 Å². The summed E-state index contributed by atoms with van der Waals surface area (Å²) in [6, 6.07) is 5.78. The molecule has 1 atom stereocenters. The highest BCUT2D eigenvalue weighted by atomic mass is 127. The summed E-state index contributed by atoms with van der Waals surface area (Å²) in [6.45, 7) is 4.44. The van der Waals surface area contributed by atoms with Crippen LogP contribution in [-0.4, -0.2) is 10.1 Å². The van der Waals surface area contributed by atoms with Gasteiger partial charge in [0, 0.05) is 20.7 Å². The maximum Gasteiger partial charge on any atom is 0.258 e. The molecule has 0 saturated heterocycles. The summed E-state index contributed by atoms with van der Waals surface area (Å²) in [7, 11) is 0. The number of nitrogens with zero attached hydrogens (tertiary/aromatic N) is 2. The Morgan fingerprint density at radius 2 is 2.17 bits per heavy atom. The van der Waals surface area contributed by atoms with Gasteiger partial charge in [0.1, 0.15) is 0 Å². The van der Waals surface area contributed by atoms with Crippen molar-refractivity contribution in [1.82, 2.24) is 10.1 Å². The summed E-state index contributed by atoms with van der Waals surface area (Å²) in [5.41, 5.74) is 7.81. The van der Waals surface area contributed by atoms with Gasteiger partial charge in [0.2, 0.25) is 0 Å². The fourth-order valence-corrected chi connectivity index (χ4v) is 2.41. The Kier molecular flexibility index (Phi) is 2.62. The van der Waals surface area contributed by atoms with Crippen molar-refractivity contribution in [2.75, 3.05) is 5.73 Å². The summed E-state index contributed by atoms with van der Waals surface area (Å²) < 4.78 is 6.35. The number of rotatable bonds is 2. The lowest BCUT2D eigenvalue weighted by molar-refractivity contribution is 0.419. The zero-order valence-corrected chi connectivity index (χ0v) is 12.4. The van der Waals surface area contributed by atoms with E-state index in [-0.39, 0.29) is 0 Å². The van der Waals surface area contributed by atoms with Crippen molar-refractivity contribution in [3.8, 4) is 11.5 Å². The second-order valence-electron chi connectivity index (χ2n) is 5.44. The van der Waals surface area contributed by atoms with Gasteiger partial charge in [-0.2, -0.15) is 4.98 Å². The Hall–Kier alpha value is -1.11. The molecule has 1 aromatic heterocycles. The van der Waals surface area contributed by atoms with E-state index >= 15 is 0 Å². The molecule has 94 valence electrons. The summed E-state index contributed by atoms with van der Waals surface area (Å²) >= 11 is 2.20. The normalized spacial score (nSPS) is 20.9. The van der Waals surface area contributed by atoms with Crippen LogP contribution in [0, 0.1) is 8.99 Å². The molecule has 1 heterocycles. The van der Waals surface area contributed by atoms with Gasteiger partial charge < -0.3 is 10.3 Å². The molecule has 1 aromatic carbocycles. The molecule has 5 heteroatoms. The maximum absolute atomic E-state index is 5.88. The van der Waals surface area contributed by atoms with Crippen molar-refractivity contribution in [3.05, 3.63) is 27.6 Å². The summed E-state index contributed by atoms with van der Waals surface area (Å²) in [6.07, 6.45) is 1.13. The monoisotopic (exact) mass is 355 g/mol. The quantitative estimate of drug-likeness (QED) is 0.662. The smallest absolute Gasteiger partial charge is 0.258 e. The van der Waals surface area contributed by atoms with Crippen LogP contribution >= 0.6 is 22.6 Å². The van der Waals surface area contributed by atoms with E-state index in [1.807, 2.05) is 18.2 Å². The first kappa shape index (κ1) is 12.0. The average Bonchev–Trinajstić information content (AvgIpc) is 2.78. The highest BCUT2D eigenvalue weighted by Gasteiger charge is 2.49. The minimum absolute atomic E-state index is 0.312. The van der Waals surface area contributed by atoms with Crippen molar-refractivity contribution in [2.45, 2.75) is 26.2 Å². The average molecular weight is 355 g/mol. The van der Waals surface area contributed by atoms with Gasteiger partial charge >= 0.3 is 0 Å². The Morgan fingerprint density at radius 3 is 2.78 bits per heavy atom. The molecule has 1 fully saturated rings. The molecule has 3 rings (SSSR count). The number of hydrogen-bond donors (Lipinski definition) is 1. The second kappa shape index (κ2) is 3.94. The van der Waals surface area contributed by atoms with Gasteiger partial charge in [-0.3, -0.25) is 0 Å². The Bertz CT molecular complexity index is 606. The zero-order valence-electron chi connectivity index (χ0n) is 10.3. The molecule has 0 radical (unpaired) electrons. The number of nitrogens with two attached hydrogens (primary N) is 1. The highest BCUT2D eigenvalue weighted by molar-refractivity contribution is 14.1. The van der Waals surface area contributed by atoms with E-state index in [1.54, 1.807) is 0 Å². The van der Waals surface area contributed by atoms with E-state index in [2.05, 4.69) is 46.6 Å². The van der Waals surface area contributed by atoms with Crippen LogP contribution in [-0.2, 0) is 0 Å². The second-order valence-corrected chi connectivity index (χ2v) is 6.60. The minimum atomic E-state index is 0.312. The summed E-state index contributed by atoms with van der Waals surface area (Å²) in [4.78, 5) is 4.47. The third-order valence-corrected chi connectivity index (χ3v) is 4.49. The number of aromatic nitrogens is 2. The van der Waals surface area contributed by atoms with Crippen molar-refractivity contribution < 1.29 is 4.52 Å². The fraction of sp³-hybridized carbons (Fsp3) is 0.385. The Morgan fingerprint density at radius 1 is 1.44 bits per heavy atom. The summed E-state index contributed by atoms with van der Waals surface area (Å²) in [5.74, 6) is 1.79. The SMILES string of the molecule is CC1(C)CC1c1noc(-c2ccc(I)c(N)c2)n1. The van der Waals surface area contributed by atoms with Crippen LogP contribution in [0.2, 0.25) is 0 Å². The third-order valence-electron chi connectivity index (χ3n) is 3.51. The fourth-order valence-electron chi connectivity index (χ4n) is 2.08. The number of anilines is 1. The van der Waals surface area contributed by atoms with Gasteiger partial charge in [-0.1, -0.05) is 19.0 Å². The van der Waals surface area contributed by atoms with Gasteiger partial charge in [0.25, 0.3) is 5.89 Å². The van der Waals surface area contributed by atoms with Crippen molar-refractivity contribution >= 4 is 28.3 Å². The van der Waals surface area contributed by atoms with Gasteiger partial charge in [-0.05, 0) is 52.6 Å². The molecule has 18 heavy (non-hydrogen) atoms. The Labute approximate surface area is 119 Å². The van der Waals surface area contributed by atoms with Gasteiger partial charge in [-0.25, -0.2) is 0 Å². The molecule has 0 amide bonds. The maximum atomic E-state index is 5.88. The molecular formula is C13H14IN3O. The van der Waals surface area contributed by atoms with Crippen molar-refractivity contribution in [2.24, 2.45) is 5.41 Å².